The SMILES string of the molecule is C#C/C(=C(\C=C/C)C(=O)N1C[C@H](O)C[C@H]1C(=O)NCC1=CC=C(C)CC1)n1cc(COC)nn1. The lowest BCUT2D eigenvalue weighted by Gasteiger charge is -2.25. The van der Waals surface area contributed by atoms with Crippen molar-refractivity contribution in [3.63, 3.8) is 0 Å². The molecule has 3 rings (SSSR count). The van der Waals surface area contributed by atoms with Crippen LogP contribution in [0.4, 0.5) is 0 Å². The van der Waals surface area contributed by atoms with Crippen LogP contribution >= 0.6 is 0 Å². The molecule has 1 fully saturated rings. The average molecular weight is 466 g/mol. The van der Waals surface area contributed by atoms with Crippen molar-refractivity contribution in [1.82, 2.24) is 25.2 Å². The summed E-state index contributed by atoms with van der Waals surface area (Å²) in [5.41, 5.74) is 3.35. The highest BCUT2D eigenvalue weighted by Gasteiger charge is 2.40. The Bertz CT molecular complexity index is 1090. The molecule has 0 unspecified atom stereocenters. The molecule has 0 bridgehead atoms. The number of nitrogens with zero attached hydrogens (tertiary/aromatic N) is 4. The molecule has 2 atom stereocenters. The standard InChI is InChI=1S/C25H31N5O4/c1-5-7-21(22(6-2)30-14-19(16-34-4)27-28-30)25(33)29-15-20(31)12-23(29)24(32)26-13-18-10-8-17(3)9-11-18/h2,5,7-8,10,14,20,23,31H,9,11-13,15-16H2,1,3-4H3,(H,26,32)/b7-5-,22-21-/t20-,23+/m1/s1. The van der Waals surface area contributed by atoms with E-state index in [4.69, 9.17) is 11.2 Å². The summed E-state index contributed by atoms with van der Waals surface area (Å²) in [6, 6.07) is -0.803. The molecular weight excluding hydrogens is 434 g/mol. The van der Waals surface area contributed by atoms with Crippen molar-refractivity contribution in [2.45, 2.75) is 51.9 Å². The lowest BCUT2D eigenvalue weighted by atomic mass is 9.99. The summed E-state index contributed by atoms with van der Waals surface area (Å²) >= 11 is 0. The minimum atomic E-state index is -0.806. The summed E-state index contributed by atoms with van der Waals surface area (Å²) in [5, 5.41) is 21.2. The Kier molecular flexibility index (Phi) is 8.57. The molecule has 2 heterocycles. The average Bonchev–Trinajstić information content (AvgIpc) is 3.45. The molecule has 1 aliphatic carbocycles. The number of aliphatic hydroxyl groups excluding tert-OH is 1. The molecule has 0 spiro atoms. The first-order valence-electron chi connectivity index (χ1n) is 11.2. The fourth-order valence-corrected chi connectivity index (χ4v) is 4.00. The van der Waals surface area contributed by atoms with Crippen LogP contribution in [0.1, 0.15) is 38.8 Å². The van der Waals surface area contributed by atoms with Gasteiger partial charge in [-0.15, -0.1) is 11.5 Å². The molecule has 180 valence electrons. The van der Waals surface area contributed by atoms with Crippen molar-refractivity contribution >= 4 is 17.5 Å². The maximum absolute atomic E-state index is 13.6. The second-order valence-electron chi connectivity index (χ2n) is 8.41. The van der Waals surface area contributed by atoms with Crippen molar-refractivity contribution in [2.75, 3.05) is 20.2 Å². The zero-order valence-corrected chi connectivity index (χ0v) is 19.8. The zero-order valence-electron chi connectivity index (χ0n) is 19.8. The van der Waals surface area contributed by atoms with Gasteiger partial charge in [-0.25, -0.2) is 4.68 Å². The predicted molar refractivity (Wildman–Crippen MR) is 128 cm³/mol. The highest BCUT2D eigenvalue weighted by molar-refractivity contribution is 6.05. The van der Waals surface area contributed by atoms with E-state index < -0.39 is 18.1 Å². The number of aromatic nitrogens is 3. The Balaban J connectivity index is 1.83. The van der Waals surface area contributed by atoms with E-state index in [1.165, 1.54) is 22.3 Å². The second kappa shape index (κ2) is 11.6. The van der Waals surface area contributed by atoms with E-state index in [2.05, 4.69) is 34.5 Å². The first kappa shape index (κ1) is 25.1. The van der Waals surface area contributed by atoms with Gasteiger partial charge in [-0.05, 0) is 32.6 Å². The third-order valence-corrected chi connectivity index (χ3v) is 5.79. The van der Waals surface area contributed by atoms with Crippen LogP contribution in [0, 0.1) is 12.3 Å². The number of terminal acetylenes is 1. The summed E-state index contributed by atoms with van der Waals surface area (Å²) in [5.74, 6) is 1.75. The third kappa shape index (κ3) is 5.90. The van der Waals surface area contributed by atoms with E-state index >= 15 is 0 Å². The van der Waals surface area contributed by atoms with Crippen molar-refractivity contribution in [2.24, 2.45) is 0 Å². The molecule has 2 N–H and O–H groups in total. The van der Waals surface area contributed by atoms with Crippen LogP contribution in [0.5, 0.6) is 0 Å². The lowest BCUT2D eigenvalue weighted by Crippen LogP contribution is -2.47. The predicted octanol–water partition coefficient (Wildman–Crippen LogP) is 1.59. The largest absolute Gasteiger partial charge is 0.391 e. The Hall–Kier alpha value is -3.48. The highest BCUT2D eigenvalue weighted by Crippen LogP contribution is 2.24. The van der Waals surface area contributed by atoms with Gasteiger partial charge in [-0.2, -0.15) is 0 Å². The van der Waals surface area contributed by atoms with Gasteiger partial charge >= 0.3 is 0 Å². The number of methoxy groups -OCH3 is 1. The molecule has 1 aromatic heterocycles. The van der Waals surface area contributed by atoms with Gasteiger partial charge in [-0.1, -0.05) is 40.7 Å². The molecule has 0 saturated carbocycles. The lowest BCUT2D eigenvalue weighted by molar-refractivity contribution is -0.135. The van der Waals surface area contributed by atoms with Crippen LogP contribution < -0.4 is 5.32 Å². The van der Waals surface area contributed by atoms with E-state index in [0.717, 1.165) is 18.4 Å². The number of β-amino-alcohol motifs (C(OH)–C–C–N with tert-alkyl or cyclic N) is 1. The smallest absolute Gasteiger partial charge is 0.257 e. The van der Waals surface area contributed by atoms with Gasteiger partial charge < -0.3 is 20.1 Å². The Labute approximate surface area is 199 Å². The van der Waals surface area contributed by atoms with Crippen molar-refractivity contribution < 1.29 is 19.4 Å². The molecule has 1 aliphatic heterocycles. The quantitative estimate of drug-likeness (QED) is 0.343. The second-order valence-corrected chi connectivity index (χ2v) is 8.41. The van der Waals surface area contributed by atoms with Crippen LogP contribution in [-0.4, -0.2) is 69.2 Å². The van der Waals surface area contributed by atoms with Gasteiger partial charge in [0.05, 0.1) is 24.5 Å². The van der Waals surface area contributed by atoms with Gasteiger partial charge in [0, 0.05) is 26.6 Å². The Morgan fingerprint density at radius 2 is 2.18 bits per heavy atom. The summed E-state index contributed by atoms with van der Waals surface area (Å²) in [7, 11) is 1.54. The van der Waals surface area contributed by atoms with Gasteiger partial charge in [0.15, 0.2) is 0 Å². The maximum Gasteiger partial charge on any atom is 0.257 e. The number of carbonyl (C=O) groups excluding carboxylic acids is 2. The number of aliphatic hydroxyl groups is 1. The third-order valence-electron chi connectivity index (χ3n) is 5.79. The normalized spacial score (nSPS) is 21.1. The fraction of sp³-hybridized carbons (Fsp3) is 0.440. The number of ether oxygens (including phenoxy) is 1. The molecule has 34 heavy (non-hydrogen) atoms. The minimum absolute atomic E-state index is 0.0345. The van der Waals surface area contributed by atoms with Crippen LogP contribution in [0.3, 0.4) is 0 Å². The summed E-state index contributed by atoms with van der Waals surface area (Å²) in [6.07, 6.45) is 15.9. The summed E-state index contributed by atoms with van der Waals surface area (Å²) < 4.78 is 6.40. The number of allylic oxidation sites excluding steroid dienone is 5. The van der Waals surface area contributed by atoms with Gasteiger partial charge in [0.25, 0.3) is 5.91 Å². The minimum Gasteiger partial charge on any atom is -0.391 e. The first-order valence-corrected chi connectivity index (χ1v) is 11.2. The molecular formula is C25H31N5O4. The monoisotopic (exact) mass is 465 g/mol. The number of amides is 2. The van der Waals surface area contributed by atoms with Crippen LogP contribution in [-0.2, 0) is 20.9 Å². The van der Waals surface area contributed by atoms with E-state index in [9.17, 15) is 14.7 Å². The molecule has 9 nitrogen and oxygen atoms in total. The van der Waals surface area contributed by atoms with Crippen molar-refractivity contribution in [1.29, 1.82) is 0 Å². The Morgan fingerprint density at radius 3 is 2.82 bits per heavy atom. The van der Waals surface area contributed by atoms with E-state index in [-0.39, 0.29) is 36.7 Å². The van der Waals surface area contributed by atoms with Crippen molar-refractivity contribution in [3.8, 4) is 12.3 Å². The van der Waals surface area contributed by atoms with Crippen molar-refractivity contribution in [3.05, 3.63) is 52.9 Å². The summed E-state index contributed by atoms with van der Waals surface area (Å²) in [4.78, 5) is 27.9. The molecule has 2 aliphatic rings. The number of carbonyl (C=O) groups is 2. The molecule has 2 amide bonds. The van der Waals surface area contributed by atoms with E-state index in [1.54, 1.807) is 25.3 Å². The van der Waals surface area contributed by atoms with E-state index in [0.29, 0.717) is 12.2 Å². The fourth-order valence-electron chi connectivity index (χ4n) is 4.00. The number of hydrogen-bond donors (Lipinski definition) is 2. The number of rotatable bonds is 8. The van der Waals surface area contributed by atoms with Crippen LogP contribution in [0.2, 0.25) is 0 Å². The van der Waals surface area contributed by atoms with E-state index in [1.807, 2.05) is 6.08 Å². The van der Waals surface area contributed by atoms with Gasteiger partial charge in [0.2, 0.25) is 5.91 Å². The number of hydrogen-bond acceptors (Lipinski definition) is 6. The Morgan fingerprint density at radius 1 is 1.38 bits per heavy atom. The van der Waals surface area contributed by atoms with Gasteiger partial charge in [-0.3, -0.25) is 9.59 Å². The molecule has 0 radical (unpaired) electrons. The van der Waals surface area contributed by atoms with Gasteiger partial charge in [0.1, 0.15) is 17.4 Å². The molecule has 0 aromatic carbocycles. The maximum atomic E-state index is 13.6. The summed E-state index contributed by atoms with van der Waals surface area (Å²) in [6.45, 7) is 4.53. The molecule has 9 heteroatoms. The number of likely N-dealkylation sites (tertiary alicyclic amines) is 1. The van der Waals surface area contributed by atoms with Crippen LogP contribution in [0.25, 0.3) is 5.70 Å². The highest BCUT2D eigenvalue weighted by atomic mass is 16.5. The first-order chi connectivity index (χ1) is 16.4. The topological polar surface area (TPSA) is 110 Å². The van der Waals surface area contributed by atoms with Crippen LogP contribution in [0.15, 0.2) is 47.2 Å². The zero-order chi connectivity index (χ0) is 24.7. The molecule has 1 saturated heterocycles. The molecule has 1 aromatic rings. The number of nitrogens with one attached hydrogen (secondary N) is 1.